The number of piperidine rings is 1. The second-order valence-corrected chi connectivity index (χ2v) is 6.50. The molecule has 3 atom stereocenters. The lowest BCUT2D eigenvalue weighted by Gasteiger charge is -2.30. The molecule has 120 valence electrons. The van der Waals surface area contributed by atoms with Crippen LogP contribution in [-0.4, -0.2) is 41.6 Å². The van der Waals surface area contributed by atoms with Gasteiger partial charge >= 0.3 is 0 Å². The van der Waals surface area contributed by atoms with Crippen molar-refractivity contribution < 1.29 is 14.3 Å². The number of nitrogens with one attached hydrogen (secondary N) is 1. The molecule has 2 saturated heterocycles. The molecule has 5 nitrogen and oxygen atoms in total. The summed E-state index contributed by atoms with van der Waals surface area (Å²) < 4.78 is 5.64. The van der Waals surface area contributed by atoms with Gasteiger partial charge in [-0.3, -0.25) is 4.79 Å². The lowest BCUT2D eigenvalue weighted by molar-refractivity contribution is 0.0882. The van der Waals surface area contributed by atoms with Crippen molar-refractivity contribution in [1.29, 1.82) is 0 Å². The molecule has 1 aromatic carbocycles. The summed E-state index contributed by atoms with van der Waals surface area (Å²) >= 11 is 0. The van der Waals surface area contributed by atoms with E-state index in [0.717, 1.165) is 19.5 Å². The van der Waals surface area contributed by atoms with Crippen LogP contribution in [0.1, 0.15) is 23.4 Å². The van der Waals surface area contributed by atoms with Crippen molar-refractivity contribution >= 4 is 5.91 Å². The number of furan rings is 1. The topological polar surface area (TPSA) is 65.7 Å². The fourth-order valence-electron chi connectivity index (χ4n) is 3.71. The van der Waals surface area contributed by atoms with E-state index in [1.807, 2.05) is 6.07 Å². The summed E-state index contributed by atoms with van der Waals surface area (Å²) in [5, 5.41) is 13.0. The Morgan fingerprint density at radius 1 is 1.22 bits per heavy atom. The number of amides is 1. The summed E-state index contributed by atoms with van der Waals surface area (Å²) in [5.41, 5.74) is 0.591. The Morgan fingerprint density at radius 2 is 2.09 bits per heavy atom. The minimum atomic E-state index is -0.181. The molecule has 1 aromatic heterocycles. The SMILES string of the molecule is O=C(N[C@H]1C[C@H]2CCN(C2)C1)c1ccc(-c2ccccc2O)o1. The highest BCUT2D eigenvalue weighted by molar-refractivity contribution is 5.92. The third-order valence-corrected chi connectivity index (χ3v) is 4.80. The van der Waals surface area contributed by atoms with Crippen LogP contribution in [0.3, 0.4) is 0 Å². The van der Waals surface area contributed by atoms with Gasteiger partial charge in [-0.25, -0.2) is 0 Å². The molecule has 0 spiro atoms. The number of carbonyl (C=O) groups is 1. The van der Waals surface area contributed by atoms with Gasteiger partial charge in [-0.15, -0.1) is 0 Å². The highest BCUT2D eigenvalue weighted by atomic mass is 16.4. The van der Waals surface area contributed by atoms with Crippen molar-refractivity contribution in [1.82, 2.24) is 10.2 Å². The Balaban J connectivity index is 1.46. The molecule has 2 aliphatic heterocycles. The maximum atomic E-state index is 12.4. The molecule has 2 fully saturated rings. The van der Waals surface area contributed by atoms with Crippen LogP contribution in [0.15, 0.2) is 40.8 Å². The molecule has 0 aliphatic carbocycles. The molecule has 23 heavy (non-hydrogen) atoms. The third kappa shape index (κ3) is 2.84. The van der Waals surface area contributed by atoms with E-state index in [9.17, 15) is 9.90 Å². The van der Waals surface area contributed by atoms with E-state index in [1.54, 1.807) is 30.3 Å². The Labute approximate surface area is 134 Å². The zero-order chi connectivity index (χ0) is 15.8. The molecule has 1 unspecified atom stereocenters. The minimum absolute atomic E-state index is 0.144. The number of phenolic OH excluding ortho intramolecular Hbond substituents is 1. The van der Waals surface area contributed by atoms with Crippen LogP contribution in [0.2, 0.25) is 0 Å². The smallest absolute Gasteiger partial charge is 0.287 e. The number of fused-ring (bicyclic) bond motifs is 2. The largest absolute Gasteiger partial charge is 0.507 e. The number of rotatable bonds is 3. The van der Waals surface area contributed by atoms with E-state index >= 15 is 0 Å². The summed E-state index contributed by atoms with van der Waals surface area (Å²) in [6.45, 7) is 3.25. The van der Waals surface area contributed by atoms with Crippen LogP contribution in [0, 0.1) is 5.92 Å². The monoisotopic (exact) mass is 312 g/mol. The quantitative estimate of drug-likeness (QED) is 0.914. The first kappa shape index (κ1) is 14.3. The van der Waals surface area contributed by atoms with E-state index < -0.39 is 0 Å². The second-order valence-electron chi connectivity index (χ2n) is 6.50. The van der Waals surface area contributed by atoms with Gasteiger partial charge in [0.25, 0.3) is 5.91 Å². The number of hydrogen-bond acceptors (Lipinski definition) is 4. The van der Waals surface area contributed by atoms with E-state index in [0.29, 0.717) is 17.2 Å². The van der Waals surface area contributed by atoms with Crippen molar-refractivity contribution in [3.05, 3.63) is 42.2 Å². The molecule has 4 rings (SSSR count). The summed E-state index contributed by atoms with van der Waals surface area (Å²) in [5.74, 6) is 1.46. The minimum Gasteiger partial charge on any atom is -0.507 e. The van der Waals surface area contributed by atoms with Crippen molar-refractivity contribution in [2.24, 2.45) is 5.92 Å². The van der Waals surface area contributed by atoms with E-state index in [1.165, 1.54) is 13.0 Å². The Kier molecular flexibility index (Phi) is 3.58. The third-order valence-electron chi connectivity index (χ3n) is 4.80. The van der Waals surface area contributed by atoms with Gasteiger partial charge < -0.3 is 19.7 Å². The molecule has 2 aliphatic rings. The number of carbonyl (C=O) groups excluding carboxylic acids is 1. The molecule has 2 N–H and O–H groups in total. The predicted octanol–water partition coefficient (Wildman–Crippen LogP) is 2.48. The van der Waals surface area contributed by atoms with Crippen molar-refractivity contribution in [3.8, 4) is 17.1 Å². The molecule has 5 heteroatoms. The van der Waals surface area contributed by atoms with Crippen LogP contribution in [0.4, 0.5) is 0 Å². The maximum Gasteiger partial charge on any atom is 0.287 e. The molecular weight excluding hydrogens is 292 g/mol. The average molecular weight is 312 g/mol. The van der Waals surface area contributed by atoms with Gasteiger partial charge in [0.15, 0.2) is 5.76 Å². The maximum absolute atomic E-state index is 12.4. The van der Waals surface area contributed by atoms with Gasteiger partial charge in [0.05, 0.1) is 5.56 Å². The van der Waals surface area contributed by atoms with Crippen molar-refractivity contribution in [3.63, 3.8) is 0 Å². The lowest BCUT2D eigenvalue weighted by Crippen LogP contribution is -2.46. The summed E-state index contributed by atoms with van der Waals surface area (Å²) in [6, 6.07) is 10.5. The standard InChI is InChI=1S/C18H20N2O3/c21-15-4-2-1-3-14(15)16-5-6-17(23-16)18(22)19-13-9-12-7-8-20(10-12)11-13/h1-6,12-13,21H,7-11H2,(H,19,22)/t12-,13+/m1/s1. The summed E-state index contributed by atoms with van der Waals surface area (Å²) in [4.78, 5) is 14.8. The van der Waals surface area contributed by atoms with E-state index in [4.69, 9.17) is 4.42 Å². The first-order chi connectivity index (χ1) is 11.2. The lowest BCUT2D eigenvalue weighted by atomic mass is 9.97. The number of hydrogen-bond donors (Lipinski definition) is 2. The van der Waals surface area contributed by atoms with Gasteiger partial charge in [-0.05, 0) is 49.6 Å². The first-order valence-corrected chi connectivity index (χ1v) is 8.10. The van der Waals surface area contributed by atoms with Gasteiger partial charge in [0.2, 0.25) is 0 Å². The molecule has 2 bridgehead atoms. The summed E-state index contributed by atoms with van der Waals surface area (Å²) in [6.07, 6.45) is 2.29. The fourth-order valence-corrected chi connectivity index (χ4v) is 3.71. The van der Waals surface area contributed by atoms with Gasteiger partial charge in [0, 0.05) is 19.1 Å². The van der Waals surface area contributed by atoms with E-state index in [2.05, 4.69) is 10.2 Å². The van der Waals surface area contributed by atoms with Crippen LogP contribution >= 0.6 is 0 Å². The fraction of sp³-hybridized carbons (Fsp3) is 0.389. The second kappa shape index (κ2) is 5.74. The molecule has 0 saturated carbocycles. The molecule has 1 amide bonds. The number of phenols is 1. The van der Waals surface area contributed by atoms with Crippen LogP contribution in [0.25, 0.3) is 11.3 Å². The number of para-hydroxylation sites is 1. The highest BCUT2D eigenvalue weighted by Crippen LogP contribution is 2.30. The van der Waals surface area contributed by atoms with Gasteiger partial charge in [-0.1, -0.05) is 12.1 Å². The summed E-state index contributed by atoms with van der Waals surface area (Å²) in [7, 11) is 0. The molecule has 0 radical (unpaired) electrons. The molecule has 3 heterocycles. The van der Waals surface area contributed by atoms with Gasteiger partial charge in [-0.2, -0.15) is 0 Å². The zero-order valence-electron chi connectivity index (χ0n) is 12.9. The Hall–Kier alpha value is -2.27. The number of aromatic hydroxyl groups is 1. The Bertz CT molecular complexity index is 713. The molecule has 2 aromatic rings. The van der Waals surface area contributed by atoms with Crippen LogP contribution in [0.5, 0.6) is 5.75 Å². The van der Waals surface area contributed by atoms with Crippen LogP contribution < -0.4 is 5.32 Å². The predicted molar refractivity (Wildman–Crippen MR) is 86.2 cm³/mol. The number of nitrogens with zero attached hydrogens (tertiary/aromatic N) is 1. The highest BCUT2D eigenvalue weighted by Gasteiger charge is 2.33. The Morgan fingerprint density at radius 3 is 2.91 bits per heavy atom. The van der Waals surface area contributed by atoms with E-state index in [-0.39, 0.29) is 23.5 Å². The molecular formula is C18H20N2O3. The van der Waals surface area contributed by atoms with Crippen molar-refractivity contribution in [2.75, 3.05) is 19.6 Å². The normalized spacial score (nSPS) is 26.2. The first-order valence-electron chi connectivity index (χ1n) is 8.10. The van der Waals surface area contributed by atoms with Gasteiger partial charge in [0.1, 0.15) is 11.5 Å². The average Bonchev–Trinajstić information content (AvgIpc) is 3.15. The van der Waals surface area contributed by atoms with Crippen molar-refractivity contribution in [2.45, 2.75) is 18.9 Å². The number of benzene rings is 1. The van der Waals surface area contributed by atoms with Crippen LogP contribution in [-0.2, 0) is 0 Å². The zero-order valence-corrected chi connectivity index (χ0v) is 12.9.